The largest absolute Gasteiger partial charge is 0.362 e. The minimum atomic E-state index is -1.56. The number of hydrogen-bond acceptors (Lipinski definition) is 5. The SMILES string of the molecule is CN(C)c1nc(NC2CCC(NC(=O)Cc3ccc(F)c(F)c3F)CC2)nc2ccccc12. The molecule has 4 rings (SSSR count). The van der Waals surface area contributed by atoms with E-state index in [0.29, 0.717) is 5.95 Å². The Morgan fingerprint density at radius 1 is 0.970 bits per heavy atom. The van der Waals surface area contributed by atoms with Gasteiger partial charge in [-0.3, -0.25) is 4.79 Å². The Hall–Kier alpha value is -3.36. The lowest BCUT2D eigenvalue weighted by atomic mass is 9.91. The fourth-order valence-electron chi connectivity index (χ4n) is 4.18. The van der Waals surface area contributed by atoms with Crippen LogP contribution in [0, 0.1) is 17.5 Å². The minimum absolute atomic E-state index is 0.0567. The first-order valence-electron chi connectivity index (χ1n) is 10.9. The molecule has 0 aliphatic heterocycles. The molecule has 0 saturated heterocycles. The first kappa shape index (κ1) is 22.8. The smallest absolute Gasteiger partial charge is 0.225 e. The van der Waals surface area contributed by atoms with Crippen LogP contribution in [0.3, 0.4) is 0 Å². The van der Waals surface area contributed by atoms with Gasteiger partial charge < -0.3 is 15.5 Å². The van der Waals surface area contributed by atoms with Gasteiger partial charge in [-0.25, -0.2) is 18.2 Å². The van der Waals surface area contributed by atoms with Gasteiger partial charge in [0.2, 0.25) is 11.9 Å². The van der Waals surface area contributed by atoms with E-state index in [0.717, 1.165) is 54.5 Å². The number of nitrogens with zero attached hydrogens (tertiary/aromatic N) is 3. The van der Waals surface area contributed by atoms with Crippen LogP contribution < -0.4 is 15.5 Å². The normalized spacial score (nSPS) is 18.2. The Morgan fingerprint density at radius 3 is 2.39 bits per heavy atom. The van der Waals surface area contributed by atoms with Gasteiger partial charge in [-0.2, -0.15) is 4.98 Å². The Kier molecular flexibility index (Phi) is 6.67. The Labute approximate surface area is 190 Å². The average molecular weight is 458 g/mol. The lowest BCUT2D eigenvalue weighted by Crippen LogP contribution is -2.41. The highest BCUT2D eigenvalue weighted by Crippen LogP contribution is 2.26. The Balaban J connectivity index is 1.33. The summed E-state index contributed by atoms with van der Waals surface area (Å²) in [4.78, 5) is 23.6. The molecule has 3 aromatic rings. The lowest BCUT2D eigenvalue weighted by Gasteiger charge is -2.30. The molecule has 0 unspecified atom stereocenters. The fourth-order valence-corrected chi connectivity index (χ4v) is 4.18. The van der Waals surface area contributed by atoms with Crippen LogP contribution in [0.2, 0.25) is 0 Å². The summed E-state index contributed by atoms with van der Waals surface area (Å²) < 4.78 is 40.3. The Morgan fingerprint density at radius 2 is 1.67 bits per heavy atom. The van der Waals surface area contributed by atoms with Crippen molar-refractivity contribution in [2.75, 3.05) is 24.3 Å². The quantitative estimate of drug-likeness (QED) is 0.543. The predicted octanol–water partition coefficient (Wildman–Crippen LogP) is 4.20. The number of halogens is 3. The number of rotatable bonds is 6. The molecule has 1 aliphatic carbocycles. The van der Waals surface area contributed by atoms with Gasteiger partial charge in [0.15, 0.2) is 17.5 Å². The number of carbonyl (C=O) groups is 1. The summed E-state index contributed by atoms with van der Waals surface area (Å²) in [5, 5.41) is 7.27. The molecule has 0 spiro atoms. The summed E-state index contributed by atoms with van der Waals surface area (Å²) >= 11 is 0. The number of para-hydroxylation sites is 1. The van der Waals surface area contributed by atoms with Crippen molar-refractivity contribution in [3.8, 4) is 0 Å². The van der Waals surface area contributed by atoms with Crippen molar-refractivity contribution >= 4 is 28.6 Å². The van der Waals surface area contributed by atoms with Gasteiger partial charge in [0.1, 0.15) is 5.82 Å². The van der Waals surface area contributed by atoms with Gasteiger partial charge in [0.25, 0.3) is 0 Å². The molecule has 9 heteroatoms. The van der Waals surface area contributed by atoms with E-state index in [9.17, 15) is 18.0 Å². The number of aromatic nitrogens is 2. The maximum atomic E-state index is 13.8. The van der Waals surface area contributed by atoms with Gasteiger partial charge >= 0.3 is 0 Å². The first-order valence-corrected chi connectivity index (χ1v) is 10.9. The van der Waals surface area contributed by atoms with Crippen LogP contribution in [0.25, 0.3) is 10.9 Å². The summed E-state index contributed by atoms with van der Waals surface area (Å²) in [6.07, 6.45) is 2.74. The molecule has 6 nitrogen and oxygen atoms in total. The van der Waals surface area contributed by atoms with Crippen molar-refractivity contribution < 1.29 is 18.0 Å². The van der Waals surface area contributed by atoms with Crippen LogP contribution in [0.15, 0.2) is 36.4 Å². The standard InChI is InChI=1S/C24H26F3N5O/c1-32(2)23-17-5-3-4-6-19(17)30-24(31-23)29-16-10-8-15(9-11-16)28-20(33)13-14-7-12-18(25)22(27)21(14)26/h3-7,12,15-16H,8-11,13H2,1-2H3,(H,28,33)(H,29,30,31). The number of benzene rings is 2. The number of fused-ring (bicyclic) bond motifs is 1. The summed E-state index contributed by atoms with van der Waals surface area (Å²) in [6, 6.07) is 9.89. The zero-order valence-electron chi connectivity index (χ0n) is 18.5. The van der Waals surface area contributed by atoms with Crippen molar-refractivity contribution in [1.29, 1.82) is 0 Å². The molecule has 2 aromatic carbocycles. The molecule has 33 heavy (non-hydrogen) atoms. The zero-order chi connectivity index (χ0) is 23.5. The van der Waals surface area contributed by atoms with Crippen LogP contribution in [0.4, 0.5) is 24.9 Å². The molecular weight excluding hydrogens is 431 g/mol. The molecule has 0 bridgehead atoms. The van der Waals surface area contributed by atoms with E-state index < -0.39 is 23.4 Å². The van der Waals surface area contributed by atoms with Crippen LogP contribution in [-0.4, -0.2) is 42.1 Å². The second-order valence-corrected chi connectivity index (χ2v) is 8.55. The highest BCUT2D eigenvalue weighted by molar-refractivity contribution is 5.90. The minimum Gasteiger partial charge on any atom is -0.362 e. The van der Waals surface area contributed by atoms with E-state index in [-0.39, 0.29) is 24.1 Å². The van der Waals surface area contributed by atoms with E-state index in [2.05, 4.69) is 20.6 Å². The van der Waals surface area contributed by atoms with Gasteiger partial charge in [-0.15, -0.1) is 0 Å². The van der Waals surface area contributed by atoms with Gasteiger partial charge in [-0.05, 0) is 43.9 Å². The van der Waals surface area contributed by atoms with E-state index in [1.54, 1.807) is 0 Å². The third kappa shape index (κ3) is 5.18. The molecule has 1 aromatic heterocycles. The number of nitrogens with one attached hydrogen (secondary N) is 2. The fraction of sp³-hybridized carbons (Fsp3) is 0.375. The number of hydrogen-bond donors (Lipinski definition) is 2. The molecule has 1 fully saturated rings. The third-order valence-corrected chi connectivity index (χ3v) is 5.90. The molecule has 0 radical (unpaired) electrons. The maximum absolute atomic E-state index is 13.8. The second kappa shape index (κ2) is 9.64. The van der Waals surface area contributed by atoms with E-state index in [4.69, 9.17) is 0 Å². The monoisotopic (exact) mass is 457 g/mol. The molecule has 174 valence electrons. The van der Waals surface area contributed by atoms with Crippen LogP contribution in [0.1, 0.15) is 31.2 Å². The van der Waals surface area contributed by atoms with Gasteiger partial charge in [0, 0.05) is 37.1 Å². The summed E-state index contributed by atoms with van der Waals surface area (Å²) in [7, 11) is 3.89. The van der Waals surface area contributed by atoms with Crippen molar-refractivity contribution in [3.05, 3.63) is 59.4 Å². The van der Waals surface area contributed by atoms with Crippen molar-refractivity contribution in [2.45, 2.75) is 44.2 Å². The summed E-state index contributed by atoms with van der Waals surface area (Å²) in [5.41, 5.74) is 0.705. The van der Waals surface area contributed by atoms with Gasteiger partial charge in [0.05, 0.1) is 11.9 Å². The molecule has 1 saturated carbocycles. The molecule has 1 aliphatic rings. The number of carbonyl (C=O) groups excluding carboxylic acids is 1. The summed E-state index contributed by atoms with van der Waals surface area (Å²) in [5.74, 6) is -3.14. The van der Waals surface area contributed by atoms with Crippen LogP contribution in [-0.2, 0) is 11.2 Å². The maximum Gasteiger partial charge on any atom is 0.225 e. The topological polar surface area (TPSA) is 70.2 Å². The highest BCUT2D eigenvalue weighted by Gasteiger charge is 2.24. The van der Waals surface area contributed by atoms with Gasteiger partial charge in [-0.1, -0.05) is 18.2 Å². The second-order valence-electron chi connectivity index (χ2n) is 8.55. The molecular formula is C24H26F3N5O. The predicted molar refractivity (Wildman–Crippen MR) is 122 cm³/mol. The average Bonchev–Trinajstić information content (AvgIpc) is 2.80. The Bertz CT molecular complexity index is 1160. The van der Waals surface area contributed by atoms with E-state index >= 15 is 0 Å². The van der Waals surface area contributed by atoms with Crippen molar-refractivity contribution in [2.24, 2.45) is 0 Å². The highest BCUT2D eigenvalue weighted by atomic mass is 19.2. The lowest BCUT2D eigenvalue weighted by molar-refractivity contribution is -0.121. The zero-order valence-corrected chi connectivity index (χ0v) is 18.5. The number of anilines is 2. The van der Waals surface area contributed by atoms with E-state index in [1.807, 2.05) is 43.3 Å². The first-order chi connectivity index (χ1) is 15.8. The van der Waals surface area contributed by atoms with Crippen LogP contribution in [0.5, 0.6) is 0 Å². The van der Waals surface area contributed by atoms with E-state index in [1.165, 1.54) is 0 Å². The molecule has 1 heterocycles. The van der Waals surface area contributed by atoms with Crippen LogP contribution >= 0.6 is 0 Å². The molecule has 0 atom stereocenters. The molecule has 1 amide bonds. The summed E-state index contributed by atoms with van der Waals surface area (Å²) in [6.45, 7) is 0. The van der Waals surface area contributed by atoms with Crippen molar-refractivity contribution in [3.63, 3.8) is 0 Å². The van der Waals surface area contributed by atoms with Crippen molar-refractivity contribution in [1.82, 2.24) is 15.3 Å². The third-order valence-electron chi connectivity index (χ3n) is 5.90. The number of amides is 1. The molecule has 2 N–H and O–H groups in total.